The van der Waals surface area contributed by atoms with Gasteiger partial charge in [-0.2, -0.15) is 0 Å². The van der Waals surface area contributed by atoms with Crippen LogP contribution in [0.3, 0.4) is 0 Å². The number of hydrogen-bond donors (Lipinski definition) is 0. The fourth-order valence-electron chi connectivity index (χ4n) is 1.96. The van der Waals surface area contributed by atoms with Crippen molar-refractivity contribution in [1.82, 2.24) is 4.90 Å². The Kier molecular flexibility index (Phi) is 3.21. The Bertz CT molecular complexity index is 376. The van der Waals surface area contributed by atoms with Crippen LogP contribution in [-0.4, -0.2) is 38.0 Å². The van der Waals surface area contributed by atoms with Crippen molar-refractivity contribution >= 4 is 14.9 Å². The molecule has 0 aromatic carbocycles. The van der Waals surface area contributed by atoms with E-state index in [1.165, 1.54) is 37.3 Å². The summed E-state index contributed by atoms with van der Waals surface area (Å²) in [6.07, 6.45) is 6.23. The van der Waals surface area contributed by atoms with Crippen LogP contribution in [0.5, 0.6) is 0 Å². The second kappa shape index (κ2) is 4.45. The van der Waals surface area contributed by atoms with Gasteiger partial charge in [0.1, 0.15) is 0 Å². The molecule has 2 aliphatic heterocycles. The van der Waals surface area contributed by atoms with Crippen LogP contribution in [0.15, 0.2) is 16.6 Å². The predicted molar refractivity (Wildman–Crippen MR) is 60.4 cm³/mol. The maximum atomic E-state index is 11.5. The monoisotopic (exact) mass is 228 g/mol. The molecule has 84 valence electrons. The summed E-state index contributed by atoms with van der Waals surface area (Å²) in [6.45, 7) is 2.47. The number of aliphatic imine (C=N–C) groups is 1. The zero-order chi connectivity index (χ0) is 10.7. The van der Waals surface area contributed by atoms with Crippen LogP contribution in [-0.2, 0) is 9.84 Å². The Labute approximate surface area is 90.6 Å². The average molecular weight is 228 g/mol. The average Bonchev–Trinajstić information content (AvgIpc) is 2.43. The second-order valence-electron chi connectivity index (χ2n) is 4.04. The summed E-state index contributed by atoms with van der Waals surface area (Å²) >= 11 is 0. The van der Waals surface area contributed by atoms with Gasteiger partial charge in [-0.15, -0.1) is 0 Å². The first-order valence-electron chi connectivity index (χ1n) is 5.39. The number of likely N-dealkylation sites (tertiary alicyclic amines) is 1. The number of sulfone groups is 1. The van der Waals surface area contributed by atoms with Crippen molar-refractivity contribution in [2.75, 3.05) is 19.6 Å². The molecule has 2 rings (SSSR count). The van der Waals surface area contributed by atoms with E-state index in [1.807, 2.05) is 0 Å². The van der Waals surface area contributed by atoms with Gasteiger partial charge in [0.05, 0.1) is 12.0 Å². The van der Waals surface area contributed by atoms with Crippen LogP contribution in [0.2, 0.25) is 0 Å². The summed E-state index contributed by atoms with van der Waals surface area (Å²) in [7, 11) is -3.17. The molecule has 0 radical (unpaired) electrons. The molecule has 2 aliphatic rings. The Balaban J connectivity index is 1.97. The molecule has 1 fully saturated rings. The molecule has 0 N–H and O–H groups in total. The molecule has 0 aromatic heterocycles. The van der Waals surface area contributed by atoms with Crippen molar-refractivity contribution in [2.24, 2.45) is 4.99 Å². The van der Waals surface area contributed by atoms with E-state index in [9.17, 15) is 8.42 Å². The quantitative estimate of drug-likeness (QED) is 0.712. The molecular formula is C10H16N2O2S. The highest BCUT2D eigenvalue weighted by Crippen LogP contribution is 2.13. The fraction of sp³-hybridized carbons (Fsp3) is 0.700. The van der Waals surface area contributed by atoms with E-state index in [2.05, 4.69) is 9.89 Å². The minimum Gasteiger partial charge on any atom is -0.297 e. The third-order valence-electron chi connectivity index (χ3n) is 2.84. The van der Waals surface area contributed by atoms with Crippen LogP contribution in [0.25, 0.3) is 0 Å². The van der Waals surface area contributed by atoms with Crippen LogP contribution in [0, 0.1) is 0 Å². The lowest BCUT2D eigenvalue weighted by Crippen LogP contribution is -2.32. The zero-order valence-corrected chi connectivity index (χ0v) is 9.54. The van der Waals surface area contributed by atoms with Crippen molar-refractivity contribution in [2.45, 2.75) is 25.7 Å². The second-order valence-corrected chi connectivity index (χ2v) is 5.88. The maximum Gasteiger partial charge on any atom is 0.215 e. The van der Waals surface area contributed by atoms with Crippen molar-refractivity contribution in [3.63, 3.8) is 0 Å². The molecule has 0 bridgehead atoms. The minimum absolute atomic E-state index is 0.310. The zero-order valence-electron chi connectivity index (χ0n) is 8.72. The van der Waals surface area contributed by atoms with Gasteiger partial charge in [0.25, 0.3) is 0 Å². The van der Waals surface area contributed by atoms with Crippen molar-refractivity contribution in [3.8, 4) is 0 Å². The third-order valence-corrected chi connectivity index (χ3v) is 4.22. The van der Waals surface area contributed by atoms with Gasteiger partial charge in [-0.05, 0) is 25.9 Å². The Hall–Kier alpha value is -0.680. The smallest absolute Gasteiger partial charge is 0.215 e. The molecular weight excluding hydrogens is 212 g/mol. The van der Waals surface area contributed by atoms with E-state index in [1.54, 1.807) is 0 Å². The molecule has 1 saturated heterocycles. The molecule has 5 heteroatoms. The first kappa shape index (κ1) is 10.8. The first-order valence-corrected chi connectivity index (χ1v) is 6.94. The highest BCUT2D eigenvalue weighted by Gasteiger charge is 2.23. The molecule has 0 unspecified atom stereocenters. The molecule has 15 heavy (non-hydrogen) atoms. The summed E-state index contributed by atoms with van der Waals surface area (Å²) in [5, 5.41) is 1.49. The van der Waals surface area contributed by atoms with E-state index in [-0.39, 0.29) is 0 Å². The lowest BCUT2D eigenvalue weighted by Gasteiger charge is -2.18. The Morgan fingerprint density at radius 1 is 1.20 bits per heavy atom. The summed E-state index contributed by atoms with van der Waals surface area (Å²) in [6, 6.07) is 0. The largest absolute Gasteiger partial charge is 0.297 e. The van der Waals surface area contributed by atoms with Gasteiger partial charge in [0.15, 0.2) is 5.04 Å². The van der Waals surface area contributed by atoms with Crippen molar-refractivity contribution < 1.29 is 8.42 Å². The topological polar surface area (TPSA) is 49.7 Å². The van der Waals surface area contributed by atoms with E-state index >= 15 is 0 Å². The molecule has 0 aliphatic carbocycles. The van der Waals surface area contributed by atoms with Gasteiger partial charge >= 0.3 is 0 Å². The molecule has 0 spiro atoms. The number of nitrogens with zero attached hydrogens (tertiary/aromatic N) is 2. The number of hydrogen-bond acceptors (Lipinski definition) is 4. The lowest BCUT2D eigenvalue weighted by molar-refractivity contribution is 0.326. The van der Waals surface area contributed by atoms with Crippen LogP contribution < -0.4 is 0 Å². The van der Waals surface area contributed by atoms with Gasteiger partial charge in [-0.1, -0.05) is 12.8 Å². The molecule has 0 atom stereocenters. The van der Waals surface area contributed by atoms with E-state index < -0.39 is 9.84 Å². The third kappa shape index (κ3) is 2.66. The summed E-state index contributed by atoms with van der Waals surface area (Å²) in [5.74, 6) is 0. The molecule has 0 saturated carbocycles. The van der Waals surface area contributed by atoms with Gasteiger partial charge in [0.2, 0.25) is 9.84 Å². The van der Waals surface area contributed by atoms with E-state index in [0.29, 0.717) is 11.6 Å². The minimum atomic E-state index is -3.17. The SMILES string of the molecule is O=S1(=O)C=CN=C1CN1CCCCCC1. The summed E-state index contributed by atoms with van der Waals surface area (Å²) in [5.41, 5.74) is 0. The van der Waals surface area contributed by atoms with Crippen molar-refractivity contribution in [1.29, 1.82) is 0 Å². The molecule has 0 aromatic rings. The maximum absolute atomic E-state index is 11.5. The Morgan fingerprint density at radius 2 is 1.87 bits per heavy atom. The predicted octanol–water partition coefficient (Wildman–Crippen LogP) is 1.16. The van der Waals surface area contributed by atoms with Crippen LogP contribution >= 0.6 is 0 Å². The normalized spacial score (nSPS) is 26.3. The van der Waals surface area contributed by atoms with Crippen molar-refractivity contribution in [3.05, 3.63) is 11.6 Å². The van der Waals surface area contributed by atoms with Gasteiger partial charge in [0, 0.05) is 6.20 Å². The Morgan fingerprint density at radius 3 is 2.40 bits per heavy atom. The molecule has 2 heterocycles. The molecule has 4 nitrogen and oxygen atoms in total. The summed E-state index contributed by atoms with van der Waals surface area (Å²) in [4.78, 5) is 6.11. The number of rotatable bonds is 2. The highest BCUT2D eigenvalue weighted by atomic mass is 32.2. The van der Waals surface area contributed by atoms with Gasteiger partial charge in [-0.25, -0.2) is 13.4 Å². The van der Waals surface area contributed by atoms with Gasteiger partial charge in [-0.3, -0.25) is 4.90 Å². The standard InChI is InChI=1S/C10H16N2O2S/c13-15(14)8-5-11-10(15)9-12-6-3-1-2-4-7-12/h5,8H,1-4,6-7,9H2. The van der Waals surface area contributed by atoms with E-state index in [4.69, 9.17) is 0 Å². The van der Waals surface area contributed by atoms with Gasteiger partial charge < -0.3 is 0 Å². The summed E-state index contributed by atoms with van der Waals surface area (Å²) < 4.78 is 23.0. The fourth-order valence-corrected chi connectivity index (χ4v) is 2.91. The molecule has 0 amide bonds. The van der Waals surface area contributed by atoms with Crippen LogP contribution in [0.4, 0.5) is 0 Å². The van der Waals surface area contributed by atoms with Crippen LogP contribution in [0.1, 0.15) is 25.7 Å². The first-order chi connectivity index (χ1) is 7.18. The van der Waals surface area contributed by atoms with E-state index in [0.717, 1.165) is 13.1 Å². The lowest BCUT2D eigenvalue weighted by atomic mass is 10.2. The highest BCUT2D eigenvalue weighted by molar-refractivity contribution is 8.09.